The number of rotatable bonds is 6. The lowest BCUT2D eigenvalue weighted by molar-refractivity contribution is 0.316. The molecule has 1 rings (SSSR count). The Morgan fingerprint density at radius 2 is 2.00 bits per heavy atom. The van der Waals surface area contributed by atoms with Crippen LogP contribution in [-0.2, 0) is 0 Å². The van der Waals surface area contributed by atoms with E-state index in [2.05, 4.69) is 29.0 Å². The number of nitrogen functional groups attached to an aromatic ring is 1. The number of likely N-dealkylation sites (N-methyl/N-ethyl adjacent to an activating group) is 1. The van der Waals surface area contributed by atoms with Crippen molar-refractivity contribution in [3.8, 4) is 0 Å². The van der Waals surface area contributed by atoms with E-state index in [-0.39, 0.29) is 0 Å². The summed E-state index contributed by atoms with van der Waals surface area (Å²) in [5.74, 6) is 0.798. The van der Waals surface area contributed by atoms with Crippen molar-refractivity contribution < 1.29 is 0 Å². The van der Waals surface area contributed by atoms with Crippen molar-refractivity contribution in [2.75, 3.05) is 37.2 Å². The Morgan fingerprint density at radius 3 is 2.62 bits per heavy atom. The van der Waals surface area contributed by atoms with Crippen LogP contribution in [0.2, 0.25) is 0 Å². The number of hydrogen-bond donors (Lipinski definition) is 2. The third-order valence-electron chi connectivity index (χ3n) is 2.68. The predicted molar refractivity (Wildman–Crippen MR) is 69.7 cm³/mol. The number of aromatic nitrogens is 1. The number of nitrogens with one attached hydrogen (secondary N) is 1. The van der Waals surface area contributed by atoms with Crippen molar-refractivity contribution in [3.05, 3.63) is 17.8 Å². The zero-order chi connectivity index (χ0) is 12.0. The van der Waals surface area contributed by atoms with Crippen molar-refractivity contribution in [2.24, 2.45) is 0 Å². The molecule has 16 heavy (non-hydrogen) atoms. The zero-order valence-electron chi connectivity index (χ0n) is 10.5. The van der Waals surface area contributed by atoms with Crippen LogP contribution < -0.4 is 11.1 Å². The summed E-state index contributed by atoms with van der Waals surface area (Å²) < 4.78 is 0. The Morgan fingerprint density at radius 1 is 1.31 bits per heavy atom. The minimum absolute atomic E-state index is 0.713. The fourth-order valence-electron chi connectivity index (χ4n) is 1.58. The van der Waals surface area contributed by atoms with E-state index >= 15 is 0 Å². The van der Waals surface area contributed by atoms with Crippen LogP contribution in [0.4, 0.5) is 11.5 Å². The van der Waals surface area contributed by atoms with Crippen LogP contribution in [0.3, 0.4) is 0 Å². The molecule has 0 atom stereocenters. The lowest BCUT2D eigenvalue weighted by atomic mass is 10.3. The molecule has 0 aromatic carbocycles. The van der Waals surface area contributed by atoms with Crippen LogP contribution in [0.25, 0.3) is 0 Å². The van der Waals surface area contributed by atoms with E-state index in [9.17, 15) is 0 Å². The van der Waals surface area contributed by atoms with E-state index in [1.54, 1.807) is 0 Å². The molecule has 0 saturated heterocycles. The molecule has 0 aliphatic rings. The number of nitrogens with zero attached hydrogens (tertiary/aromatic N) is 2. The molecule has 1 aromatic heterocycles. The Balaban J connectivity index is 2.45. The van der Waals surface area contributed by atoms with Gasteiger partial charge in [0.25, 0.3) is 0 Å². The van der Waals surface area contributed by atoms with Gasteiger partial charge < -0.3 is 16.0 Å². The van der Waals surface area contributed by atoms with Gasteiger partial charge in [-0.3, -0.25) is 0 Å². The second-order valence-electron chi connectivity index (χ2n) is 3.84. The fourth-order valence-corrected chi connectivity index (χ4v) is 1.58. The third-order valence-corrected chi connectivity index (χ3v) is 2.68. The molecule has 90 valence electrons. The van der Waals surface area contributed by atoms with Gasteiger partial charge in [0.1, 0.15) is 5.82 Å². The smallest absolute Gasteiger partial charge is 0.149 e. The van der Waals surface area contributed by atoms with Crippen LogP contribution in [0, 0.1) is 6.92 Å². The molecule has 0 amide bonds. The number of pyridine rings is 1. The summed E-state index contributed by atoms with van der Waals surface area (Å²) in [6, 6.07) is 3.81. The standard InChI is InChI=1S/C12H22N4/c1-4-16(5-2)9-8-14-12-11(13)7-6-10(3)15-12/h6-7H,4-5,8-9,13H2,1-3H3,(H,14,15). The number of nitrogens with two attached hydrogens (primary N) is 1. The highest BCUT2D eigenvalue weighted by Crippen LogP contribution is 2.14. The molecule has 4 nitrogen and oxygen atoms in total. The molecule has 1 heterocycles. The highest BCUT2D eigenvalue weighted by atomic mass is 15.1. The molecule has 0 fully saturated rings. The minimum atomic E-state index is 0.713. The van der Waals surface area contributed by atoms with E-state index in [4.69, 9.17) is 5.73 Å². The summed E-state index contributed by atoms with van der Waals surface area (Å²) >= 11 is 0. The fraction of sp³-hybridized carbons (Fsp3) is 0.583. The van der Waals surface area contributed by atoms with E-state index in [1.807, 2.05) is 19.1 Å². The summed E-state index contributed by atoms with van der Waals surface area (Å²) in [7, 11) is 0. The quantitative estimate of drug-likeness (QED) is 0.769. The molecule has 4 heteroatoms. The van der Waals surface area contributed by atoms with Crippen molar-refractivity contribution in [1.29, 1.82) is 0 Å². The Hall–Kier alpha value is -1.29. The third kappa shape index (κ3) is 3.70. The number of anilines is 2. The summed E-state index contributed by atoms with van der Waals surface area (Å²) in [5, 5.41) is 3.28. The van der Waals surface area contributed by atoms with Crippen molar-refractivity contribution in [3.63, 3.8) is 0 Å². The van der Waals surface area contributed by atoms with Crippen molar-refractivity contribution >= 4 is 11.5 Å². The highest BCUT2D eigenvalue weighted by Gasteiger charge is 2.02. The second kappa shape index (κ2) is 6.33. The lowest BCUT2D eigenvalue weighted by Gasteiger charge is -2.18. The largest absolute Gasteiger partial charge is 0.396 e. The molecule has 0 unspecified atom stereocenters. The van der Waals surface area contributed by atoms with E-state index < -0.39 is 0 Å². The van der Waals surface area contributed by atoms with Gasteiger partial charge >= 0.3 is 0 Å². The molecule has 0 aliphatic heterocycles. The van der Waals surface area contributed by atoms with Gasteiger partial charge in [-0.25, -0.2) is 4.98 Å². The van der Waals surface area contributed by atoms with Crippen LogP contribution in [0.1, 0.15) is 19.5 Å². The minimum Gasteiger partial charge on any atom is -0.396 e. The van der Waals surface area contributed by atoms with Crippen molar-refractivity contribution in [2.45, 2.75) is 20.8 Å². The van der Waals surface area contributed by atoms with E-state index in [0.717, 1.165) is 37.7 Å². The predicted octanol–water partition coefficient (Wildman–Crippen LogP) is 1.73. The molecular weight excluding hydrogens is 200 g/mol. The first kappa shape index (κ1) is 12.8. The van der Waals surface area contributed by atoms with Gasteiger partial charge in [-0.2, -0.15) is 0 Å². The molecule has 3 N–H and O–H groups in total. The molecule has 0 spiro atoms. The average Bonchev–Trinajstić information content (AvgIpc) is 2.29. The van der Waals surface area contributed by atoms with E-state index in [0.29, 0.717) is 5.69 Å². The topological polar surface area (TPSA) is 54.2 Å². The first-order valence-corrected chi connectivity index (χ1v) is 5.86. The van der Waals surface area contributed by atoms with Gasteiger partial charge in [-0.15, -0.1) is 0 Å². The summed E-state index contributed by atoms with van der Waals surface area (Å²) in [4.78, 5) is 6.73. The maximum atomic E-state index is 5.83. The van der Waals surface area contributed by atoms with Crippen LogP contribution in [0.5, 0.6) is 0 Å². The average molecular weight is 222 g/mol. The molecule has 0 aliphatic carbocycles. The van der Waals surface area contributed by atoms with Crippen LogP contribution >= 0.6 is 0 Å². The van der Waals surface area contributed by atoms with Gasteiger partial charge in [0, 0.05) is 18.8 Å². The molecule has 0 bridgehead atoms. The maximum Gasteiger partial charge on any atom is 0.149 e. The summed E-state index contributed by atoms with van der Waals surface area (Å²) in [6.45, 7) is 10.4. The monoisotopic (exact) mass is 222 g/mol. The van der Waals surface area contributed by atoms with Gasteiger partial charge in [0.05, 0.1) is 5.69 Å². The van der Waals surface area contributed by atoms with Crippen LogP contribution in [0.15, 0.2) is 12.1 Å². The number of aryl methyl sites for hydroxylation is 1. The molecule has 0 radical (unpaired) electrons. The SMILES string of the molecule is CCN(CC)CCNc1nc(C)ccc1N. The lowest BCUT2D eigenvalue weighted by Crippen LogP contribution is -2.28. The van der Waals surface area contributed by atoms with E-state index in [1.165, 1.54) is 0 Å². The van der Waals surface area contributed by atoms with Gasteiger partial charge in [0.15, 0.2) is 0 Å². The molecular formula is C12H22N4. The first-order chi connectivity index (χ1) is 7.67. The molecule has 0 saturated carbocycles. The Kier molecular flexibility index (Phi) is 5.05. The second-order valence-corrected chi connectivity index (χ2v) is 3.84. The number of hydrogen-bond acceptors (Lipinski definition) is 4. The van der Waals surface area contributed by atoms with Gasteiger partial charge in [-0.1, -0.05) is 13.8 Å². The molecule has 1 aromatic rings. The zero-order valence-corrected chi connectivity index (χ0v) is 10.5. The maximum absolute atomic E-state index is 5.83. The van der Waals surface area contributed by atoms with Gasteiger partial charge in [0.2, 0.25) is 0 Å². The Bertz CT molecular complexity index is 321. The first-order valence-electron chi connectivity index (χ1n) is 5.86. The summed E-state index contributed by atoms with van der Waals surface area (Å²) in [5.41, 5.74) is 7.53. The highest BCUT2D eigenvalue weighted by molar-refractivity contribution is 5.61. The van der Waals surface area contributed by atoms with Crippen molar-refractivity contribution in [1.82, 2.24) is 9.88 Å². The summed E-state index contributed by atoms with van der Waals surface area (Å²) in [6.07, 6.45) is 0. The Labute approximate surface area is 97.9 Å². The van der Waals surface area contributed by atoms with Crippen LogP contribution in [-0.4, -0.2) is 36.1 Å². The normalized spacial score (nSPS) is 10.8. The van der Waals surface area contributed by atoms with Gasteiger partial charge in [-0.05, 0) is 32.1 Å².